The molecule has 0 radical (unpaired) electrons. The fraction of sp³-hybridized carbons (Fsp3) is 0.419. The second-order valence-electron chi connectivity index (χ2n) is 12.1. The first-order chi connectivity index (χ1) is 20.1. The summed E-state index contributed by atoms with van der Waals surface area (Å²) in [7, 11) is 1.82. The lowest BCUT2D eigenvalue weighted by Gasteiger charge is -2.44. The summed E-state index contributed by atoms with van der Waals surface area (Å²) in [4.78, 5) is 36.0. The van der Waals surface area contributed by atoms with Gasteiger partial charge in [0, 0.05) is 76.7 Å². The molecule has 3 aliphatic rings. The number of ether oxygens (including phenoxy) is 1. The first kappa shape index (κ1) is 27.2. The zero-order valence-electron chi connectivity index (χ0n) is 24.2. The van der Waals surface area contributed by atoms with Crippen molar-refractivity contribution >= 4 is 45.3 Å². The predicted octanol–water partition coefficient (Wildman–Crippen LogP) is 4.13. The number of hydrogen-bond donors (Lipinski definition) is 0. The van der Waals surface area contributed by atoms with E-state index in [-0.39, 0.29) is 34.9 Å². The monoisotopic (exact) mass is 588 g/mol. The number of fused-ring (bicyclic) bond motifs is 1. The maximum atomic E-state index is 15.9. The summed E-state index contributed by atoms with van der Waals surface area (Å²) < 4.78 is 25.0. The first-order valence-corrected chi connectivity index (χ1v) is 15.2. The molecule has 5 heterocycles. The van der Waals surface area contributed by atoms with Crippen LogP contribution < -0.4 is 10.6 Å². The van der Waals surface area contributed by atoms with Gasteiger partial charge in [0.1, 0.15) is 11.6 Å². The van der Waals surface area contributed by atoms with Crippen molar-refractivity contribution < 1.29 is 13.9 Å². The number of aromatic nitrogens is 4. The summed E-state index contributed by atoms with van der Waals surface area (Å²) in [5.41, 5.74) is 3.15. The number of piperazine rings is 1. The molecule has 2 atom stereocenters. The van der Waals surface area contributed by atoms with E-state index in [1.54, 1.807) is 33.3 Å². The van der Waals surface area contributed by atoms with Gasteiger partial charge in [-0.15, -0.1) is 11.8 Å². The molecule has 9 nitrogen and oxygen atoms in total. The van der Waals surface area contributed by atoms with Gasteiger partial charge in [-0.3, -0.25) is 14.0 Å². The number of amides is 1. The highest BCUT2D eigenvalue weighted by atomic mass is 32.2. The molecule has 4 aromatic rings. The van der Waals surface area contributed by atoms with Gasteiger partial charge in [0.15, 0.2) is 0 Å². The third-order valence-electron chi connectivity index (χ3n) is 9.05. The van der Waals surface area contributed by atoms with Gasteiger partial charge in [0.25, 0.3) is 0 Å². The maximum Gasteiger partial charge on any atom is 0.350 e. The average Bonchev–Trinajstić information content (AvgIpc) is 3.21. The van der Waals surface area contributed by atoms with Crippen molar-refractivity contribution in [3.63, 3.8) is 0 Å². The molecule has 1 amide bonds. The normalized spacial score (nSPS) is 21.5. The number of hydrogen-bond acceptors (Lipinski definition) is 7. The second-order valence-corrected chi connectivity index (χ2v) is 13.0. The van der Waals surface area contributed by atoms with Gasteiger partial charge in [-0.2, -0.15) is 10.1 Å². The molecule has 2 aromatic carbocycles. The molecule has 11 heteroatoms. The van der Waals surface area contributed by atoms with Crippen LogP contribution in [0.5, 0.6) is 0 Å². The van der Waals surface area contributed by atoms with Crippen LogP contribution in [0.4, 0.5) is 10.2 Å². The van der Waals surface area contributed by atoms with Crippen LogP contribution in [0.2, 0.25) is 0 Å². The minimum atomic E-state index is -0.329. The highest BCUT2D eigenvalue weighted by Crippen LogP contribution is 2.49. The van der Waals surface area contributed by atoms with Crippen LogP contribution in [0.25, 0.3) is 32.9 Å². The fourth-order valence-corrected chi connectivity index (χ4v) is 8.31. The smallest absolute Gasteiger partial charge is 0.350 e. The Hall–Kier alpha value is -3.70. The van der Waals surface area contributed by atoms with Crippen LogP contribution in [-0.4, -0.2) is 74.3 Å². The number of benzene rings is 2. The minimum absolute atomic E-state index is 0.0794. The summed E-state index contributed by atoms with van der Waals surface area (Å²) in [5, 5.41) is 6.13. The van der Waals surface area contributed by atoms with Crippen LogP contribution in [0.15, 0.2) is 46.7 Å². The number of thioether (sulfide) groups is 1. The Labute approximate surface area is 246 Å². The first-order valence-electron chi connectivity index (χ1n) is 14.2. The number of nitrogens with zero attached hydrogens (tertiary/aromatic N) is 6. The van der Waals surface area contributed by atoms with E-state index in [0.29, 0.717) is 49.7 Å². The van der Waals surface area contributed by atoms with E-state index < -0.39 is 0 Å². The van der Waals surface area contributed by atoms with E-state index in [1.165, 1.54) is 12.1 Å². The zero-order valence-corrected chi connectivity index (χ0v) is 25.0. The molecule has 7 rings (SSSR count). The van der Waals surface area contributed by atoms with E-state index in [2.05, 4.69) is 22.6 Å². The van der Waals surface area contributed by atoms with Gasteiger partial charge in [-0.1, -0.05) is 6.58 Å². The third kappa shape index (κ3) is 3.93. The molecule has 0 N–H and O–H groups in total. The van der Waals surface area contributed by atoms with Crippen molar-refractivity contribution in [3.8, 4) is 11.1 Å². The van der Waals surface area contributed by atoms with Crippen molar-refractivity contribution in [2.75, 3.05) is 37.0 Å². The molecule has 0 saturated carbocycles. The molecule has 0 unspecified atom stereocenters. The molecule has 0 aliphatic carbocycles. The van der Waals surface area contributed by atoms with E-state index >= 15 is 4.39 Å². The Balaban J connectivity index is 1.50. The van der Waals surface area contributed by atoms with Crippen molar-refractivity contribution in [3.05, 3.63) is 58.9 Å². The van der Waals surface area contributed by atoms with Gasteiger partial charge in [-0.05, 0) is 50.6 Å². The fourth-order valence-electron chi connectivity index (χ4n) is 6.84. The Morgan fingerprint density at radius 1 is 1.19 bits per heavy atom. The summed E-state index contributed by atoms with van der Waals surface area (Å²) in [6, 6.07) is 5.12. The highest BCUT2D eigenvalue weighted by molar-refractivity contribution is 7.99. The molecule has 2 fully saturated rings. The molecule has 0 bridgehead atoms. The highest BCUT2D eigenvalue weighted by Gasteiger charge is 2.43. The van der Waals surface area contributed by atoms with Gasteiger partial charge in [0.2, 0.25) is 5.91 Å². The number of anilines is 1. The molecular formula is C31H33FN6O3S. The number of halogens is 1. The van der Waals surface area contributed by atoms with Gasteiger partial charge < -0.3 is 14.5 Å². The van der Waals surface area contributed by atoms with Crippen molar-refractivity contribution in [1.29, 1.82) is 0 Å². The number of rotatable bonds is 3. The predicted molar refractivity (Wildman–Crippen MR) is 163 cm³/mol. The summed E-state index contributed by atoms with van der Waals surface area (Å²) in [6.45, 7) is 12.3. The second kappa shape index (κ2) is 9.67. The molecule has 2 aromatic heterocycles. The molecule has 1 spiro atoms. The Morgan fingerprint density at radius 3 is 2.69 bits per heavy atom. The molecule has 2 saturated heterocycles. The van der Waals surface area contributed by atoms with E-state index in [4.69, 9.17) is 9.72 Å². The summed E-state index contributed by atoms with van der Waals surface area (Å²) >= 11 is 1.67. The lowest BCUT2D eigenvalue weighted by molar-refractivity contribution is -0.128. The van der Waals surface area contributed by atoms with Crippen molar-refractivity contribution in [2.24, 2.45) is 12.5 Å². The van der Waals surface area contributed by atoms with Crippen LogP contribution in [0.1, 0.15) is 19.4 Å². The maximum absolute atomic E-state index is 15.9. The minimum Gasteiger partial charge on any atom is -0.380 e. The molecule has 3 aliphatic heterocycles. The van der Waals surface area contributed by atoms with Crippen LogP contribution in [0, 0.1) is 18.2 Å². The Morgan fingerprint density at radius 2 is 1.98 bits per heavy atom. The SMILES string of the molecule is C=CC(=O)N1C[C@H](C)N(c2nc(=O)n3c4c(c(-c5c(F)ccc6cnn(C)c56)c(C)cc24)SCC2(COC2)C3)C[C@H]1C. The number of aryl methyl sites for hydroxylation is 2. The largest absolute Gasteiger partial charge is 0.380 e. The number of carbonyl (C=O) groups excluding carboxylic acids is 1. The van der Waals surface area contributed by atoms with Crippen molar-refractivity contribution in [1.82, 2.24) is 24.2 Å². The van der Waals surface area contributed by atoms with Gasteiger partial charge in [0.05, 0.1) is 30.4 Å². The van der Waals surface area contributed by atoms with Crippen LogP contribution in [-0.2, 0) is 23.1 Å². The quantitative estimate of drug-likeness (QED) is 0.333. The molecular weight excluding hydrogens is 555 g/mol. The molecule has 42 heavy (non-hydrogen) atoms. The lowest BCUT2D eigenvalue weighted by Crippen LogP contribution is -2.58. The average molecular weight is 589 g/mol. The lowest BCUT2D eigenvalue weighted by atomic mass is 9.88. The van der Waals surface area contributed by atoms with E-state index in [0.717, 1.165) is 38.1 Å². The van der Waals surface area contributed by atoms with E-state index in [1.807, 2.05) is 32.7 Å². The van der Waals surface area contributed by atoms with E-state index in [9.17, 15) is 9.59 Å². The Bertz CT molecular complexity index is 1860. The van der Waals surface area contributed by atoms with Crippen LogP contribution >= 0.6 is 11.8 Å². The van der Waals surface area contributed by atoms with Gasteiger partial charge in [-0.25, -0.2) is 9.18 Å². The van der Waals surface area contributed by atoms with Crippen molar-refractivity contribution in [2.45, 2.75) is 44.3 Å². The topological polar surface area (TPSA) is 85.5 Å². The zero-order chi connectivity index (χ0) is 29.5. The summed E-state index contributed by atoms with van der Waals surface area (Å²) in [5.74, 6) is 0.915. The number of carbonyl (C=O) groups is 1. The molecule has 218 valence electrons. The van der Waals surface area contributed by atoms with Gasteiger partial charge >= 0.3 is 5.69 Å². The summed E-state index contributed by atoms with van der Waals surface area (Å²) in [6.07, 6.45) is 3.09. The third-order valence-corrected chi connectivity index (χ3v) is 10.5. The standard InChI is InChI=1S/C31H33FN6O3S/c1-6-23(39)36-11-19(4)37(12-18(36)3)29-21-9-17(2)24(25-22(32)8-7-20-10-33-35(5)26(20)25)28-27(21)38(30(40)34-29)13-31(16-42-28)14-41-15-31/h6-10,18-19H,1,11-16H2,2-5H3/t18-,19+/m1/s1. The Kier molecular flexibility index (Phi) is 6.25. The van der Waals surface area contributed by atoms with Crippen LogP contribution in [0.3, 0.4) is 0 Å².